The van der Waals surface area contributed by atoms with Crippen molar-refractivity contribution in [2.75, 3.05) is 25.1 Å². The van der Waals surface area contributed by atoms with Crippen LogP contribution in [0.15, 0.2) is 18.2 Å². The summed E-state index contributed by atoms with van der Waals surface area (Å²) in [4.78, 5) is 22.3. The van der Waals surface area contributed by atoms with E-state index in [1.807, 2.05) is 0 Å². The Morgan fingerprint density at radius 3 is 2.82 bits per heavy atom. The summed E-state index contributed by atoms with van der Waals surface area (Å²) in [5.41, 5.74) is -1.05. The fraction of sp³-hybridized carbons (Fsp3) is 0.429. The van der Waals surface area contributed by atoms with Crippen molar-refractivity contribution < 1.29 is 28.9 Å². The molecule has 1 aromatic carbocycles. The minimum absolute atomic E-state index is 0.0256. The zero-order valence-corrected chi connectivity index (χ0v) is 11.9. The summed E-state index contributed by atoms with van der Waals surface area (Å²) in [5, 5.41) is 23.3. The molecule has 8 heteroatoms. The molecule has 2 atom stereocenters. The van der Waals surface area contributed by atoms with Crippen LogP contribution in [0.25, 0.3) is 0 Å². The Morgan fingerprint density at radius 2 is 2.23 bits per heavy atom. The van der Waals surface area contributed by atoms with Crippen molar-refractivity contribution in [1.29, 1.82) is 0 Å². The summed E-state index contributed by atoms with van der Waals surface area (Å²) in [6.07, 6.45) is -1.35. The van der Waals surface area contributed by atoms with E-state index in [0.29, 0.717) is 5.69 Å². The topological polar surface area (TPSA) is 108 Å². The molecule has 7 nitrogen and oxygen atoms in total. The van der Waals surface area contributed by atoms with Gasteiger partial charge in [-0.2, -0.15) is 0 Å². The molecule has 0 aromatic heterocycles. The summed E-state index contributed by atoms with van der Waals surface area (Å²) in [7, 11) is 0. The van der Waals surface area contributed by atoms with Crippen LogP contribution in [0.2, 0.25) is 0 Å². The standard InChI is InChI=1S/C14H17FN2O5/c1-8(19)16-10-2-3-12(15)11(4-10)14(17-13(20)21)7-22-6-9(14)5-18/h2-4,9,17-18H,5-7H2,1H3,(H,16,19)(H,20,21)/t9-,14+/m1/s1. The minimum atomic E-state index is -1.40. The Balaban J connectivity index is 2.51. The van der Waals surface area contributed by atoms with Crippen molar-refractivity contribution in [1.82, 2.24) is 5.32 Å². The molecule has 0 aliphatic carbocycles. The van der Waals surface area contributed by atoms with Crippen LogP contribution >= 0.6 is 0 Å². The highest BCUT2D eigenvalue weighted by Crippen LogP contribution is 2.38. The number of carbonyl (C=O) groups excluding carboxylic acids is 1. The average Bonchev–Trinajstić information content (AvgIpc) is 2.83. The maximum atomic E-state index is 14.3. The van der Waals surface area contributed by atoms with E-state index >= 15 is 0 Å². The van der Waals surface area contributed by atoms with Gasteiger partial charge in [-0.15, -0.1) is 0 Å². The molecule has 1 aliphatic heterocycles. The van der Waals surface area contributed by atoms with E-state index in [1.54, 1.807) is 0 Å². The van der Waals surface area contributed by atoms with Gasteiger partial charge in [-0.1, -0.05) is 0 Å². The van der Waals surface area contributed by atoms with E-state index in [0.717, 1.165) is 6.07 Å². The first-order valence-corrected chi connectivity index (χ1v) is 6.66. The summed E-state index contributed by atoms with van der Waals surface area (Å²) in [6, 6.07) is 3.86. The van der Waals surface area contributed by atoms with Crippen LogP contribution in [-0.2, 0) is 15.1 Å². The van der Waals surface area contributed by atoms with Crippen molar-refractivity contribution in [3.8, 4) is 0 Å². The average molecular weight is 312 g/mol. The third kappa shape index (κ3) is 3.02. The van der Waals surface area contributed by atoms with Crippen molar-refractivity contribution >= 4 is 17.7 Å². The molecule has 1 fully saturated rings. The first kappa shape index (κ1) is 16.2. The SMILES string of the molecule is CC(=O)Nc1ccc(F)c([C@]2(NC(=O)O)COC[C@H]2CO)c1. The molecule has 1 heterocycles. The lowest BCUT2D eigenvalue weighted by Crippen LogP contribution is -2.52. The number of nitrogens with one attached hydrogen (secondary N) is 2. The van der Waals surface area contributed by atoms with E-state index in [1.165, 1.54) is 19.1 Å². The van der Waals surface area contributed by atoms with E-state index in [-0.39, 0.29) is 31.3 Å². The van der Waals surface area contributed by atoms with Gasteiger partial charge in [0.2, 0.25) is 5.91 Å². The largest absolute Gasteiger partial charge is 0.465 e. The van der Waals surface area contributed by atoms with Crippen LogP contribution in [0, 0.1) is 11.7 Å². The highest BCUT2D eigenvalue weighted by molar-refractivity contribution is 5.88. The number of hydrogen-bond donors (Lipinski definition) is 4. The van der Waals surface area contributed by atoms with Gasteiger partial charge in [0.05, 0.1) is 19.8 Å². The second-order valence-electron chi connectivity index (χ2n) is 5.17. The summed E-state index contributed by atoms with van der Waals surface area (Å²) >= 11 is 0. The van der Waals surface area contributed by atoms with E-state index in [9.17, 15) is 19.1 Å². The number of ether oxygens (including phenoxy) is 1. The zero-order chi connectivity index (χ0) is 16.3. The first-order chi connectivity index (χ1) is 10.4. The van der Waals surface area contributed by atoms with Crippen LogP contribution in [0.1, 0.15) is 12.5 Å². The summed E-state index contributed by atoms with van der Waals surface area (Å²) in [5.74, 6) is -1.61. The lowest BCUT2D eigenvalue weighted by Gasteiger charge is -2.33. The fourth-order valence-corrected chi connectivity index (χ4v) is 2.67. The monoisotopic (exact) mass is 312 g/mol. The van der Waals surface area contributed by atoms with E-state index in [2.05, 4.69) is 10.6 Å². The number of aliphatic hydroxyl groups is 1. The molecule has 0 spiro atoms. The number of amides is 2. The molecule has 1 saturated heterocycles. The Hall–Kier alpha value is -2.19. The van der Waals surface area contributed by atoms with Crippen LogP contribution in [-0.4, -0.2) is 42.0 Å². The van der Waals surface area contributed by atoms with Crippen LogP contribution < -0.4 is 10.6 Å². The predicted octanol–water partition coefficient (Wildman–Crippen LogP) is 0.886. The molecule has 0 unspecified atom stereocenters. The normalized spacial score (nSPS) is 24.0. The van der Waals surface area contributed by atoms with Gasteiger partial charge < -0.3 is 25.6 Å². The molecule has 1 aliphatic rings. The van der Waals surface area contributed by atoms with Gasteiger partial charge >= 0.3 is 6.09 Å². The molecule has 0 saturated carbocycles. The van der Waals surface area contributed by atoms with Gasteiger partial charge in [0.1, 0.15) is 11.4 Å². The number of halogens is 1. The lowest BCUT2D eigenvalue weighted by atomic mass is 9.80. The Bertz CT molecular complexity index is 595. The highest BCUT2D eigenvalue weighted by Gasteiger charge is 2.48. The minimum Gasteiger partial charge on any atom is -0.465 e. The molecule has 4 N–H and O–H groups in total. The Morgan fingerprint density at radius 1 is 1.50 bits per heavy atom. The van der Waals surface area contributed by atoms with Gasteiger partial charge in [0.15, 0.2) is 0 Å². The van der Waals surface area contributed by atoms with Crippen molar-refractivity contribution in [3.05, 3.63) is 29.6 Å². The van der Waals surface area contributed by atoms with Crippen LogP contribution in [0.5, 0.6) is 0 Å². The van der Waals surface area contributed by atoms with Gasteiger partial charge in [-0.05, 0) is 18.2 Å². The number of carboxylic acid groups (broad SMARTS) is 1. The smallest absolute Gasteiger partial charge is 0.405 e. The van der Waals surface area contributed by atoms with Gasteiger partial charge in [-0.3, -0.25) is 4.79 Å². The van der Waals surface area contributed by atoms with Gasteiger partial charge in [0, 0.05) is 24.1 Å². The van der Waals surface area contributed by atoms with Crippen molar-refractivity contribution in [2.45, 2.75) is 12.5 Å². The van der Waals surface area contributed by atoms with Crippen molar-refractivity contribution in [3.63, 3.8) is 0 Å². The quantitative estimate of drug-likeness (QED) is 0.660. The number of aliphatic hydroxyl groups excluding tert-OH is 1. The maximum Gasteiger partial charge on any atom is 0.405 e. The fourth-order valence-electron chi connectivity index (χ4n) is 2.67. The first-order valence-electron chi connectivity index (χ1n) is 6.66. The maximum absolute atomic E-state index is 14.3. The number of hydrogen-bond acceptors (Lipinski definition) is 4. The third-order valence-corrected chi connectivity index (χ3v) is 3.66. The molecular formula is C14H17FN2O5. The second kappa shape index (κ2) is 6.29. The lowest BCUT2D eigenvalue weighted by molar-refractivity contribution is -0.114. The summed E-state index contributed by atoms with van der Waals surface area (Å²) < 4.78 is 19.5. The highest BCUT2D eigenvalue weighted by atomic mass is 19.1. The van der Waals surface area contributed by atoms with E-state index < -0.39 is 23.4 Å². The Labute approximate surface area is 126 Å². The molecule has 0 radical (unpaired) electrons. The second-order valence-corrected chi connectivity index (χ2v) is 5.17. The number of carbonyl (C=O) groups is 2. The molecule has 2 rings (SSSR count). The molecule has 120 valence electrons. The number of anilines is 1. The molecule has 1 aromatic rings. The van der Waals surface area contributed by atoms with Gasteiger partial charge in [-0.25, -0.2) is 9.18 Å². The molecule has 2 amide bonds. The molecule has 0 bridgehead atoms. The number of benzene rings is 1. The Kier molecular flexibility index (Phi) is 4.62. The van der Waals surface area contributed by atoms with Crippen molar-refractivity contribution in [2.24, 2.45) is 5.92 Å². The van der Waals surface area contributed by atoms with E-state index in [4.69, 9.17) is 9.84 Å². The number of rotatable bonds is 4. The zero-order valence-electron chi connectivity index (χ0n) is 11.9. The van der Waals surface area contributed by atoms with Gasteiger partial charge in [0.25, 0.3) is 0 Å². The summed E-state index contributed by atoms with van der Waals surface area (Å²) in [6.45, 7) is 0.930. The van der Waals surface area contributed by atoms with Crippen LogP contribution in [0.4, 0.5) is 14.9 Å². The molecule has 22 heavy (non-hydrogen) atoms. The predicted molar refractivity (Wildman–Crippen MR) is 74.9 cm³/mol. The molecular weight excluding hydrogens is 295 g/mol. The third-order valence-electron chi connectivity index (χ3n) is 3.66. The van der Waals surface area contributed by atoms with Crippen LogP contribution in [0.3, 0.4) is 0 Å².